The molecule has 0 bridgehead atoms. The summed E-state index contributed by atoms with van der Waals surface area (Å²) in [6, 6.07) is 0. The standard InChI is InChI=1S/C8H11ClO4/c1-4-5(7(10)12-2)6(9)8(11)13-3/h4H2,1-3H3/b6-5-. The molecule has 0 atom stereocenters. The smallest absolute Gasteiger partial charge is 0.350 e. The van der Waals surface area contributed by atoms with Crippen LogP contribution in [0, 0.1) is 0 Å². The molecule has 0 heterocycles. The molecule has 0 aliphatic rings. The monoisotopic (exact) mass is 206 g/mol. The molecule has 0 aliphatic heterocycles. The van der Waals surface area contributed by atoms with Crippen LogP contribution in [0.1, 0.15) is 13.3 Å². The largest absolute Gasteiger partial charge is 0.466 e. The molecule has 0 aromatic rings. The molecule has 0 aromatic carbocycles. The van der Waals surface area contributed by atoms with E-state index in [0.29, 0.717) is 6.42 Å². The third-order valence-corrected chi connectivity index (χ3v) is 1.80. The summed E-state index contributed by atoms with van der Waals surface area (Å²) in [5, 5.41) is -0.225. The highest BCUT2D eigenvalue weighted by molar-refractivity contribution is 6.43. The van der Waals surface area contributed by atoms with Gasteiger partial charge >= 0.3 is 11.9 Å². The summed E-state index contributed by atoms with van der Waals surface area (Å²) in [6.45, 7) is 1.69. The molecule has 0 radical (unpaired) electrons. The molecule has 0 rings (SSSR count). The van der Waals surface area contributed by atoms with E-state index in [1.165, 1.54) is 14.2 Å². The van der Waals surface area contributed by atoms with Gasteiger partial charge in [-0.1, -0.05) is 18.5 Å². The van der Waals surface area contributed by atoms with E-state index in [1.807, 2.05) is 0 Å². The summed E-state index contributed by atoms with van der Waals surface area (Å²) < 4.78 is 8.78. The fourth-order valence-electron chi connectivity index (χ4n) is 0.725. The van der Waals surface area contributed by atoms with Crippen molar-refractivity contribution in [3.8, 4) is 0 Å². The van der Waals surface area contributed by atoms with Crippen LogP contribution in [-0.2, 0) is 19.1 Å². The molecule has 0 saturated heterocycles. The second-order valence-electron chi connectivity index (χ2n) is 2.13. The number of methoxy groups -OCH3 is 2. The lowest BCUT2D eigenvalue weighted by atomic mass is 10.2. The van der Waals surface area contributed by atoms with Gasteiger partial charge in [0.25, 0.3) is 0 Å². The molecule has 74 valence electrons. The molecule has 0 amide bonds. The van der Waals surface area contributed by atoms with E-state index in [1.54, 1.807) is 6.92 Å². The lowest BCUT2D eigenvalue weighted by molar-refractivity contribution is -0.138. The molecule has 0 fully saturated rings. The minimum atomic E-state index is -0.732. The fourth-order valence-corrected chi connectivity index (χ4v) is 1.01. The molecule has 0 spiro atoms. The molecule has 0 aromatic heterocycles. The minimum absolute atomic E-state index is 0.121. The number of carbonyl (C=O) groups is 2. The average Bonchev–Trinajstić information content (AvgIpc) is 2.17. The Morgan fingerprint density at radius 2 is 1.62 bits per heavy atom. The zero-order valence-corrected chi connectivity index (χ0v) is 8.47. The van der Waals surface area contributed by atoms with Crippen molar-refractivity contribution >= 4 is 23.5 Å². The zero-order valence-electron chi connectivity index (χ0n) is 7.72. The van der Waals surface area contributed by atoms with Crippen molar-refractivity contribution in [2.75, 3.05) is 14.2 Å². The van der Waals surface area contributed by atoms with Gasteiger partial charge in [0.15, 0.2) is 0 Å². The van der Waals surface area contributed by atoms with E-state index in [2.05, 4.69) is 9.47 Å². The van der Waals surface area contributed by atoms with Crippen molar-refractivity contribution in [2.45, 2.75) is 13.3 Å². The average molecular weight is 207 g/mol. The van der Waals surface area contributed by atoms with Gasteiger partial charge in [0, 0.05) is 0 Å². The second-order valence-corrected chi connectivity index (χ2v) is 2.51. The van der Waals surface area contributed by atoms with Crippen LogP contribution in [0.25, 0.3) is 0 Å². The predicted molar refractivity (Wildman–Crippen MR) is 47.2 cm³/mol. The Balaban J connectivity index is 4.89. The Hall–Kier alpha value is -1.03. The van der Waals surface area contributed by atoms with Crippen molar-refractivity contribution in [3.63, 3.8) is 0 Å². The van der Waals surface area contributed by atoms with E-state index in [-0.39, 0.29) is 10.6 Å². The van der Waals surface area contributed by atoms with Gasteiger partial charge in [-0.3, -0.25) is 0 Å². The van der Waals surface area contributed by atoms with Gasteiger partial charge in [0.1, 0.15) is 5.03 Å². The maximum absolute atomic E-state index is 11.0. The maximum Gasteiger partial charge on any atom is 0.350 e. The SMILES string of the molecule is CC/C(C(=O)OC)=C(/Cl)C(=O)OC. The van der Waals surface area contributed by atoms with Crippen LogP contribution in [0.4, 0.5) is 0 Å². The Labute approximate surface area is 81.5 Å². The summed E-state index contributed by atoms with van der Waals surface area (Å²) >= 11 is 5.58. The highest BCUT2D eigenvalue weighted by Gasteiger charge is 2.18. The number of hydrogen-bond donors (Lipinski definition) is 0. The molecular weight excluding hydrogens is 196 g/mol. The lowest BCUT2D eigenvalue weighted by Crippen LogP contribution is -2.11. The van der Waals surface area contributed by atoms with Crippen LogP contribution in [0.2, 0.25) is 0 Å². The molecule has 0 aliphatic carbocycles. The first-order valence-electron chi connectivity index (χ1n) is 3.63. The van der Waals surface area contributed by atoms with Crippen LogP contribution < -0.4 is 0 Å². The molecule has 0 N–H and O–H groups in total. The van der Waals surface area contributed by atoms with Gasteiger partial charge in [-0.25, -0.2) is 9.59 Å². The van der Waals surface area contributed by atoms with Crippen molar-refractivity contribution in [1.29, 1.82) is 0 Å². The summed E-state index contributed by atoms with van der Waals surface area (Å²) in [7, 11) is 2.41. The van der Waals surface area contributed by atoms with Crippen molar-refractivity contribution in [1.82, 2.24) is 0 Å². The molecule has 0 unspecified atom stereocenters. The minimum Gasteiger partial charge on any atom is -0.466 e. The van der Waals surface area contributed by atoms with E-state index in [9.17, 15) is 9.59 Å². The van der Waals surface area contributed by atoms with Crippen LogP contribution in [-0.4, -0.2) is 26.2 Å². The van der Waals surface area contributed by atoms with Crippen LogP contribution >= 0.6 is 11.6 Å². The second kappa shape index (κ2) is 5.59. The topological polar surface area (TPSA) is 52.6 Å². The van der Waals surface area contributed by atoms with Gasteiger partial charge in [0.2, 0.25) is 0 Å². The summed E-state index contributed by atoms with van der Waals surface area (Å²) in [5.74, 6) is -1.35. The Morgan fingerprint density at radius 3 is 1.92 bits per heavy atom. The van der Waals surface area contributed by atoms with Crippen molar-refractivity contribution in [3.05, 3.63) is 10.6 Å². The quantitative estimate of drug-likeness (QED) is 0.515. The first-order chi connectivity index (χ1) is 6.08. The Morgan fingerprint density at radius 1 is 1.15 bits per heavy atom. The van der Waals surface area contributed by atoms with Gasteiger partial charge in [0.05, 0.1) is 19.8 Å². The number of ether oxygens (including phenoxy) is 2. The van der Waals surface area contributed by atoms with Crippen molar-refractivity contribution in [2.24, 2.45) is 0 Å². The van der Waals surface area contributed by atoms with E-state index < -0.39 is 11.9 Å². The zero-order chi connectivity index (χ0) is 10.4. The third-order valence-electron chi connectivity index (χ3n) is 1.41. The normalized spacial score (nSPS) is 11.7. The van der Waals surface area contributed by atoms with Gasteiger partial charge in [-0.15, -0.1) is 0 Å². The predicted octanol–water partition coefficient (Wildman–Crippen LogP) is 1.24. The molecule has 4 nitrogen and oxygen atoms in total. The maximum atomic E-state index is 11.0. The molecule has 5 heteroatoms. The van der Waals surface area contributed by atoms with E-state index in [4.69, 9.17) is 11.6 Å². The van der Waals surface area contributed by atoms with Gasteiger partial charge in [-0.05, 0) is 6.42 Å². The van der Waals surface area contributed by atoms with E-state index >= 15 is 0 Å². The van der Waals surface area contributed by atoms with E-state index in [0.717, 1.165) is 0 Å². The molecular formula is C8H11ClO4. The summed E-state index contributed by atoms with van der Waals surface area (Å²) in [4.78, 5) is 21.9. The number of esters is 2. The Kier molecular flexibility index (Phi) is 5.14. The van der Waals surface area contributed by atoms with Crippen molar-refractivity contribution < 1.29 is 19.1 Å². The number of carbonyl (C=O) groups excluding carboxylic acids is 2. The third kappa shape index (κ3) is 3.06. The summed E-state index contributed by atoms with van der Waals surface area (Å²) in [5.41, 5.74) is 0.121. The first-order valence-corrected chi connectivity index (χ1v) is 4.01. The molecule has 13 heavy (non-hydrogen) atoms. The highest BCUT2D eigenvalue weighted by Crippen LogP contribution is 2.15. The number of rotatable bonds is 3. The fraction of sp³-hybridized carbons (Fsp3) is 0.500. The Bertz CT molecular complexity index is 245. The van der Waals surface area contributed by atoms with Crippen LogP contribution in [0.15, 0.2) is 10.6 Å². The number of hydrogen-bond acceptors (Lipinski definition) is 4. The molecule has 0 saturated carbocycles. The summed E-state index contributed by atoms with van der Waals surface area (Å²) in [6.07, 6.45) is 0.320. The highest BCUT2D eigenvalue weighted by atomic mass is 35.5. The number of halogens is 1. The van der Waals surface area contributed by atoms with Crippen LogP contribution in [0.3, 0.4) is 0 Å². The van der Waals surface area contributed by atoms with Crippen LogP contribution in [0.5, 0.6) is 0 Å². The lowest BCUT2D eigenvalue weighted by Gasteiger charge is -2.04. The van der Waals surface area contributed by atoms with Gasteiger partial charge < -0.3 is 9.47 Å². The van der Waals surface area contributed by atoms with Gasteiger partial charge in [-0.2, -0.15) is 0 Å². The first kappa shape index (κ1) is 12.0.